The van der Waals surface area contributed by atoms with Crippen molar-refractivity contribution in [2.75, 3.05) is 13.1 Å². The van der Waals surface area contributed by atoms with Gasteiger partial charge in [0.05, 0.1) is 0 Å². The minimum Gasteiger partial charge on any atom is -0.311 e. The first-order chi connectivity index (χ1) is 9.30. The van der Waals surface area contributed by atoms with Gasteiger partial charge >= 0.3 is 0 Å². The molecule has 112 valence electrons. The van der Waals surface area contributed by atoms with Crippen molar-refractivity contribution in [3.8, 4) is 0 Å². The number of piperazine rings is 1. The predicted octanol–water partition coefficient (Wildman–Crippen LogP) is 4.11. The van der Waals surface area contributed by atoms with E-state index >= 15 is 0 Å². The Morgan fingerprint density at radius 1 is 1.30 bits per heavy atom. The number of hydrogen-bond acceptors (Lipinski definition) is 2. The van der Waals surface area contributed by atoms with Crippen molar-refractivity contribution in [1.82, 2.24) is 10.2 Å². The van der Waals surface area contributed by atoms with Gasteiger partial charge in [0.15, 0.2) is 0 Å². The molecular weight excluding hydrogens is 268 g/mol. The highest BCUT2D eigenvalue weighted by atomic mass is 35.5. The number of nitrogens with zero attached hydrogens (tertiary/aromatic N) is 1. The Morgan fingerprint density at radius 2 is 1.95 bits per heavy atom. The molecule has 0 amide bonds. The quantitative estimate of drug-likeness (QED) is 0.883. The fourth-order valence-electron chi connectivity index (χ4n) is 3.00. The minimum absolute atomic E-state index is 0.276. The molecular formula is C17H27ClN2. The third-order valence-electron chi connectivity index (χ3n) is 4.52. The number of nitrogens with one attached hydrogen (secondary N) is 1. The Kier molecular flexibility index (Phi) is 4.78. The molecule has 0 spiro atoms. The summed E-state index contributed by atoms with van der Waals surface area (Å²) < 4.78 is 0. The van der Waals surface area contributed by atoms with Gasteiger partial charge in [-0.05, 0) is 30.9 Å². The lowest BCUT2D eigenvalue weighted by Gasteiger charge is -2.46. The third kappa shape index (κ3) is 3.36. The fraction of sp³-hybridized carbons (Fsp3) is 0.647. The largest absolute Gasteiger partial charge is 0.311 e. The summed E-state index contributed by atoms with van der Waals surface area (Å²) in [4.78, 5) is 2.58. The zero-order chi connectivity index (χ0) is 14.9. The van der Waals surface area contributed by atoms with Crippen LogP contribution in [0.5, 0.6) is 0 Å². The second-order valence-corrected chi connectivity index (χ2v) is 7.48. The van der Waals surface area contributed by atoms with Crippen LogP contribution in [0.2, 0.25) is 5.02 Å². The normalized spacial score (nSPS) is 26.5. The SMILES string of the molecule is CC1CNC(C(C)(C)C)CN1C(C)c1ccccc1Cl. The van der Waals surface area contributed by atoms with Crippen LogP contribution in [0, 0.1) is 5.41 Å². The highest BCUT2D eigenvalue weighted by Crippen LogP contribution is 2.32. The molecule has 3 unspecified atom stereocenters. The Bertz CT molecular complexity index is 453. The number of hydrogen-bond donors (Lipinski definition) is 1. The van der Waals surface area contributed by atoms with E-state index in [4.69, 9.17) is 11.6 Å². The van der Waals surface area contributed by atoms with E-state index in [2.05, 4.69) is 57.0 Å². The van der Waals surface area contributed by atoms with E-state index in [-0.39, 0.29) is 5.41 Å². The molecule has 0 radical (unpaired) electrons. The maximum absolute atomic E-state index is 6.37. The van der Waals surface area contributed by atoms with Crippen LogP contribution < -0.4 is 5.32 Å². The van der Waals surface area contributed by atoms with E-state index in [1.54, 1.807) is 0 Å². The molecule has 1 aliphatic rings. The zero-order valence-corrected chi connectivity index (χ0v) is 14.0. The van der Waals surface area contributed by atoms with Gasteiger partial charge in [0, 0.05) is 36.2 Å². The Morgan fingerprint density at radius 3 is 2.55 bits per heavy atom. The first-order valence-electron chi connectivity index (χ1n) is 7.54. The van der Waals surface area contributed by atoms with Gasteiger partial charge in [-0.15, -0.1) is 0 Å². The van der Waals surface area contributed by atoms with Crippen LogP contribution in [0.3, 0.4) is 0 Å². The standard InChI is InChI=1S/C17H27ClN2/c1-12-10-19-16(17(3,4)5)11-20(12)13(2)14-8-6-7-9-15(14)18/h6-9,12-13,16,19H,10-11H2,1-5H3. The number of rotatable bonds is 2. The lowest BCUT2D eigenvalue weighted by atomic mass is 9.84. The molecule has 1 fully saturated rings. The first kappa shape index (κ1) is 15.8. The van der Waals surface area contributed by atoms with Gasteiger partial charge in [0.1, 0.15) is 0 Å². The summed E-state index contributed by atoms with van der Waals surface area (Å²) >= 11 is 6.37. The smallest absolute Gasteiger partial charge is 0.0453 e. The second kappa shape index (κ2) is 6.05. The zero-order valence-electron chi connectivity index (χ0n) is 13.3. The van der Waals surface area contributed by atoms with Crippen molar-refractivity contribution in [3.63, 3.8) is 0 Å². The lowest BCUT2D eigenvalue weighted by molar-refractivity contribution is 0.0629. The number of halogens is 1. The molecule has 20 heavy (non-hydrogen) atoms. The molecule has 2 rings (SSSR count). The minimum atomic E-state index is 0.276. The maximum Gasteiger partial charge on any atom is 0.0453 e. The highest BCUT2D eigenvalue weighted by molar-refractivity contribution is 6.31. The Hall–Kier alpha value is -0.570. The summed E-state index contributed by atoms with van der Waals surface area (Å²) in [6, 6.07) is 9.60. The van der Waals surface area contributed by atoms with Gasteiger partial charge in [0.2, 0.25) is 0 Å². The molecule has 0 saturated carbocycles. The molecule has 0 bridgehead atoms. The van der Waals surface area contributed by atoms with Gasteiger partial charge < -0.3 is 5.32 Å². The van der Waals surface area contributed by atoms with Crippen LogP contribution in [0.25, 0.3) is 0 Å². The summed E-state index contributed by atoms with van der Waals surface area (Å²) in [6.07, 6.45) is 0. The Balaban J connectivity index is 2.19. The van der Waals surface area contributed by atoms with Gasteiger partial charge in [0.25, 0.3) is 0 Å². The Labute approximate surface area is 128 Å². The summed E-state index contributed by atoms with van der Waals surface area (Å²) in [5, 5.41) is 4.56. The van der Waals surface area contributed by atoms with Crippen molar-refractivity contribution in [1.29, 1.82) is 0 Å². The lowest BCUT2D eigenvalue weighted by Crippen LogP contribution is -2.59. The average Bonchev–Trinajstić information content (AvgIpc) is 2.37. The van der Waals surface area contributed by atoms with Gasteiger partial charge in [-0.25, -0.2) is 0 Å². The van der Waals surface area contributed by atoms with Crippen LogP contribution in [0.4, 0.5) is 0 Å². The fourth-order valence-corrected chi connectivity index (χ4v) is 3.29. The van der Waals surface area contributed by atoms with Gasteiger partial charge in [-0.3, -0.25) is 4.90 Å². The van der Waals surface area contributed by atoms with E-state index in [9.17, 15) is 0 Å². The van der Waals surface area contributed by atoms with Gasteiger partial charge in [-0.1, -0.05) is 50.6 Å². The summed E-state index contributed by atoms with van der Waals surface area (Å²) in [5.74, 6) is 0. The van der Waals surface area contributed by atoms with E-state index in [0.717, 1.165) is 18.1 Å². The second-order valence-electron chi connectivity index (χ2n) is 7.07. The summed E-state index contributed by atoms with van der Waals surface area (Å²) in [5.41, 5.74) is 1.51. The van der Waals surface area contributed by atoms with Crippen molar-refractivity contribution in [2.45, 2.75) is 52.7 Å². The van der Waals surface area contributed by atoms with Crippen LogP contribution in [0.1, 0.15) is 46.2 Å². The highest BCUT2D eigenvalue weighted by Gasteiger charge is 2.34. The third-order valence-corrected chi connectivity index (χ3v) is 4.86. The first-order valence-corrected chi connectivity index (χ1v) is 7.92. The topological polar surface area (TPSA) is 15.3 Å². The molecule has 1 heterocycles. The molecule has 3 atom stereocenters. The van der Waals surface area contributed by atoms with Crippen LogP contribution >= 0.6 is 11.6 Å². The predicted molar refractivity (Wildman–Crippen MR) is 87.3 cm³/mol. The van der Waals surface area contributed by atoms with Crippen LogP contribution in [-0.2, 0) is 0 Å². The molecule has 1 aromatic carbocycles. The molecule has 1 saturated heterocycles. The van der Waals surface area contributed by atoms with E-state index in [1.807, 2.05) is 12.1 Å². The van der Waals surface area contributed by atoms with Crippen molar-refractivity contribution in [3.05, 3.63) is 34.9 Å². The average molecular weight is 295 g/mol. The van der Waals surface area contributed by atoms with E-state index < -0.39 is 0 Å². The summed E-state index contributed by atoms with van der Waals surface area (Å²) in [6.45, 7) is 13.6. The molecule has 0 aliphatic carbocycles. The van der Waals surface area contributed by atoms with E-state index in [1.165, 1.54) is 5.56 Å². The van der Waals surface area contributed by atoms with Crippen molar-refractivity contribution >= 4 is 11.6 Å². The molecule has 3 heteroatoms. The van der Waals surface area contributed by atoms with Crippen LogP contribution in [0.15, 0.2) is 24.3 Å². The summed E-state index contributed by atoms with van der Waals surface area (Å²) in [7, 11) is 0. The van der Waals surface area contributed by atoms with Gasteiger partial charge in [-0.2, -0.15) is 0 Å². The molecule has 0 aromatic heterocycles. The molecule has 1 aliphatic heterocycles. The van der Waals surface area contributed by atoms with Crippen molar-refractivity contribution < 1.29 is 0 Å². The molecule has 1 N–H and O–H groups in total. The number of benzene rings is 1. The maximum atomic E-state index is 6.37. The molecule has 1 aromatic rings. The van der Waals surface area contributed by atoms with Crippen molar-refractivity contribution in [2.24, 2.45) is 5.41 Å². The molecule has 2 nitrogen and oxygen atoms in total. The monoisotopic (exact) mass is 294 g/mol. The van der Waals surface area contributed by atoms with Crippen LogP contribution in [-0.4, -0.2) is 30.1 Å². The van der Waals surface area contributed by atoms with E-state index in [0.29, 0.717) is 18.1 Å².